The third-order valence-electron chi connectivity index (χ3n) is 4.74. The number of nitrogens with zero attached hydrogens (tertiary/aromatic N) is 3. The Morgan fingerprint density at radius 2 is 1.92 bits per heavy atom. The topological polar surface area (TPSA) is 66.2 Å². The van der Waals surface area contributed by atoms with Gasteiger partial charge in [-0.2, -0.15) is 0 Å². The number of hydrogen-bond acceptors (Lipinski definition) is 6. The molecular weight excluding hydrogens is 338 g/mol. The van der Waals surface area contributed by atoms with Gasteiger partial charge in [-0.3, -0.25) is 4.79 Å². The van der Waals surface area contributed by atoms with Gasteiger partial charge in [0, 0.05) is 17.5 Å². The van der Waals surface area contributed by atoms with Crippen molar-refractivity contribution in [1.29, 1.82) is 0 Å². The van der Waals surface area contributed by atoms with Gasteiger partial charge in [-0.1, -0.05) is 11.8 Å². The normalized spacial score (nSPS) is 19.0. The fourth-order valence-corrected chi connectivity index (χ4v) is 4.02. The van der Waals surface area contributed by atoms with E-state index in [0.29, 0.717) is 48.0 Å². The molecule has 3 aliphatic rings. The Bertz CT molecular complexity index is 827. The molecule has 1 aromatic carbocycles. The van der Waals surface area contributed by atoms with Crippen LogP contribution in [0.15, 0.2) is 23.4 Å². The number of carbonyl (C=O) groups is 1. The van der Waals surface area contributed by atoms with Gasteiger partial charge in [0.1, 0.15) is 19.0 Å². The smallest absolute Gasteiger partial charge is 0.191 e. The zero-order chi connectivity index (χ0) is 16.8. The van der Waals surface area contributed by atoms with Gasteiger partial charge in [-0.25, -0.2) is 0 Å². The minimum absolute atomic E-state index is 0.0697. The number of fused-ring (bicyclic) bond motifs is 1. The molecule has 7 heteroatoms. The van der Waals surface area contributed by atoms with Crippen molar-refractivity contribution in [3.63, 3.8) is 0 Å². The second-order valence-electron chi connectivity index (χ2n) is 6.79. The van der Waals surface area contributed by atoms with Crippen LogP contribution < -0.4 is 9.47 Å². The summed E-state index contributed by atoms with van der Waals surface area (Å²) in [5.74, 6) is 3.49. The molecule has 2 aromatic rings. The van der Waals surface area contributed by atoms with E-state index in [0.717, 1.165) is 11.0 Å². The van der Waals surface area contributed by atoms with E-state index in [9.17, 15) is 4.79 Å². The summed E-state index contributed by atoms with van der Waals surface area (Å²) in [6.45, 7) is 1.07. The van der Waals surface area contributed by atoms with Gasteiger partial charge < -0.3 is 14.0 Å². The molecule has 130 valence electrons. The number of rotatable bonds is 6. The fraction of sp³-hybridized carbons (Fsp3) is 0.500. The number of Topliss-reactive ketones (excluding diaryl/α,β-unsaturated/α-hetero) is 1. The number of ether oxygens (including phenoxy) is 2. The van der Waals surface area contributed by atoms with Crippen LogP contribution in [0.25, 0.3) is 0 Å². The van der Waals surface area contributed by atoms with Crippen molar-refractivity contribution in [2.24, 2.45) is 0 Å². The van der Waals surface area contributed by atoms with Crippen LogP contribution in [0.3, 0.4) is 0 Å². The summed E-state index contributed by atoms with van der Waals surface area (Å²) >= 11 is 1.49. The van der Waals surface area contributed by atoms with Crippen molar-refractivity contribution in [1.82, 2.24) is 14.8 Å². The number of aromatic nitrogens is 3. The van der Waals surface area contributed by atoms with Crippen LogP contribution in [-0.4, -0.2) is 39.5 Å². The highest BCUT2D eigenvalue weighted by Crippen LogP contribution is 2.46. The van der Waals surface area contributed by atoms with Gasteiger partial charge in [0.05, 0.1) is 5.75 Å². The highest BCUT2D eigenvalue weighted by molar-refractivity contribution is 7.99. The highest BCUT2D eigenvalue weighted by atomic mass is 32.2. The zero-order valence-electron chi connectivity index (χ0n) is 13.8. The standard InChI is InChI=1S/C18H19N3O3S/c22-14(12-3-6-15-16(9-12)24-8-7-23-15)10-25-18-20-19-17(11-1-2-11)21(18)13-4-5-13/h3,6,9,11,13H,1-2,4-5,7-8,10H2. The maximum absolute atomic E-state index is 12.6. The Hall–Kier alpha value is -2.02. The summed E-state index contributed by atoms with van der Waals surface area (Å²) in [5, 5.41) is 9.63. The first kappa shape index (κ1) is 15.3. The van der Waals surface area contributed by atoms with Crippen LogP contribution in [0, 0.1) is 0 Å². The molecule has 0 amide bonds. The van der Waals surface area contributed by atoms with Crippen molar-refractivity contribution >= 4 is 17.5 Å². The van der Waals surface area contributed by atoms with E-state index in [2.05, 4.69) is 14.8 Å². The lowest BCUT2D eigenvalue weighted by molar-refractivity contribution is 0.102. The molecule has 0 saturated heterocycles. The Morgan fingerprint density at radius 1 is 1.12 bits per heavy atom. The first-order chi connectivity index (χ1) is 12.3. The average molecular weight is 357 g/mol. The van der Waals surface area contributed by atoms with E-state index < -0.39 is 0 Å². The molecule has 2 fully saturated rings. The molecule has 2 saturated carbocycles. The molecule has 1 aromatic heterocycles. The van der Waals surface area contributed by atoms with Gasteiger partial charge in [0.25, 0.3) is 0 Å². The maximum atomic E-state index is 12.6. The Labute approximate surface area is 149 Å². The van der Waals surface area contributed by atoms with Crippen LogP contribution in [0.2, 0.25) is 0 Å². The molecule has 0 unspecified atom stereocenters. The third-order valence-corrected chi connectivity index (χ3v) is 5.69. The van der Waals surface area contributed by atoms with Gasteiger partial charge in [0.2, 0.25) is 0 Å². The molecule has 0 atom stereocenters. The fourth-order valence-electron chi connectivity index (χ4n) is 3.11. The molecule has 2 aliphatic carbocycles. The number of benzene rings is 1. The van der Waals surface area contributed by atoms with Crippen LogP contribution in [0.5, 0.6) is 11.5 Å². The molecule has 0 bridgehead atoms. The van der Waals surface area contributed by atoms with E-state index in [-0.39, 0.29) is 5.78 Å². The quantitative estimate of drug-likeness (QED) is 0.584. The predicted octanol–water partition coefficient (Wildman–Crippen LogP) is 3.24. The second kappa shape index (κ2) is 6.05. The van der Waals surface area contributed by atoms with Gasteiger partial charge in [-0.15, -0.1) is 10.2 Å². The number of ketones is 1. The van der Waals surface area contributed by atoms with E-state index in [4.69, 9.17) is 9.47 Å². The van der Waals surface area contributed by atoms with Crippen molar-refractivity contribution in [3.05, 3.63) is 29.6 Å². The SMILES string of the molecule is O=C(CSc1nnc(C2CC2)n1C1CC1)c1ccc2c(c1)OCCO2. The number of carbonyl (C=O) groups excluding carboxylic acids is 1. The lowest BCUT2D eigenvalue weighted by Crippen LogP contribution is -2.16. The average Bonchev–Trinajstić information content (AvgIpc) is 3.58. The van der Waals surface area contributed by atoms with Gasteiger partial charge in [-0.05, 0) is 43.9 Å². The Balaban J connectivity index is 1.31. The van der Waals surface area contributed by atoms with Crippen molar-refractivity contribution in [2.75, 3.05) is 19.0 Å². The van der Waals surface area contributed by atoms with Gasteiger partial charge >= 0.3 is 0 Å². The molecule has 5 rings (SSSR count). The Kier molecular flexibility index (Phi) is 3.69. The van der Waals surface area contributed by atoms with Crippen LogP contribution in [-0.2, 0) is 0 Å². The highest BCUT2D eigenvalue weighted by Gasteiger charge is 2.36. The summed E-state index contributed by atoms with van der Waals surface area (Å²) in [6, 6.07) is 5.93. The molecule has 0 N–H and O–H groups in total. The summed E-state index contributed by atoms with van der Waals surface area (Å²) in [6.07, 6.45) is 4.82. The van der Waals surface area contributed by atoms with Crippen molar-refractivity contribution < 1.29 is 14.3 Å². The lowest BCUT2D eigenvalue weighted by atomic mass is 10.1. The van der Waals surface area contributed by atoms with Crippen molar-refractivity contribution in [3.8, 4) is 11.5 Å². The predicted molar refractivity (Wildman–Crippen MR) is 92.8 cm³/mol. The summed E-state index contributed by atoms with van der Waals surface area (Å²) in [4.78, 5) is 12.6. The molecule has 6 nitrogen and oxygen atoms in total. The second-order valence-corrected chi connectivity index (χ2v) is 7.73. The Morgan fingerprint density at radius 3 is 2.68 bits per heavy atom. The van der Waals surface area contributed by atoms with Crippen LogP contribution in [0.1, 0.15) is 53.8 Å². The largest absolute Gasteiger partial charge is 0.486 e. The molecule has 25 heavy (non-hydrogen) atoms. The summed E-state index contributed by atoms with van der Waals surface area (Å²) in [5.41, 5.74) is 0.650. The van der Waals surface area contributed by atoms with E-state index in [1.807, 2.05) is 6.07 Å². The number of thioether (sulfide) groups is 1. The van der Waals surface area contributed by atoms with E-state index in [1.165, 1.54) is 37.4 Å². The molecule has 0 spiro atoms. The third kappa shape index (κ3) is 3.01. The minimum atomic E-state index is 0.0697. The number of hydrogen-bond donors (Lipinski definition) is 0. The minimum Gasteiger partial charge on any atom is -0.486 e. The molecule has 2 heterocycles. The summed E-state index contributed by atoms with van der Waals surface area (Å²) < 4.78 is 13.3. The first-order valence-electron chi connectivity index (χ1n) is 8.80. The van der Waals surface area contributed by atoms with Crippen molar-refractivity contribution in [2.45, 2.75) is 42.8 Å². The van der Waals surface area contributed by atoms with E-state index >= 15 is 0 Å². The van der Waals surface area contributed by atoms with Crippen LogP contribution >= 0.6 is 11.8 Å². The lowest BCUT2D eigenvalue weighted by Gasteiger charge is -2.18. The zero-order valence-corrected chi connectivity index (χ0v) is 14.6. The first-order valence-corrected chi connectivity index (χ1v) is 9.78. The van der Waals surface area contributed by atoms with E-state index in [1.54, 1.807) is 12.1 Å². The van der Waals surface area contributed by atoms with Gasteiger partial charge in [0.15, 0.2) is 22.4 Å². The monoisotopic (exact) mass is 357 g/mol. The van der Waals surface area contributed by atoms with Crippen LogP contribution in [0.4, 0.5) is 0 Å². The molecule has 1 aliphatic heterocycles. The molecular formula is C18H19N3O3S. The molecule has 0 radical (unpaired) electrons. The maximum Gasteiger partial charge on any atom is 0.191 e. The summed E-state index contributed by atoms with van der Waals surface area (Å²) in [7, 11) is 0.